The first-order chi connectivity index (χ1) is 46.0. The Hall–Kier alpha value is -4.46. The predicted octanol–water partition coefficient (Wildman–Crippen LogP) is 4.86. The largest absolute Gasteiger partial charge is 0.459 e. The third-order valence-corrected chi connectivity index (χ3v) is 18.1. The van der Waals surface area contributed by atoms with Crippen molar-refractivity contribution in [2.24, 2.45) is 35.3 Å². The quantitative estimate of drug-likeness (QED) is 0.0221. The zero-order valence-corrected chi connectivity index (χ0v) is 58.6. The molecule has 4 aliphatic rings. The average Bonchev–Trinajstić information content (AvgIpc) is 0.778. The molecular formula is C70H117N3O23. The first-order valence-electron chi connectivity index (χ1n) is 34.6. The molecule has 16 atom stereocenters. The van der Waals surface area contributed by atoms with Gasteiger partial charge in [-0.3, -0.25) is 19.2 Å². The van der Waals surface area contributed by atoms with Crippen LogP contribution in [0.3, 0.4) is 0 Å². The van der Waals surface area contributed by atoms with Crippen molar-refractivity contribution in [2.45, 2.75) is 199 Å². The molecule has 0 radical (unpaired) electrons. The van der Waals surface area contributed by atoms with Crippen LogP contribution in [0.25, 0.3) is 0 Å². The summed E-state index contributed by atoms with van der Waals surface area (Å²) < 4.78 is 74.4. The van der Waals surface area contributed by atoms with E-state index in [0.29, 0.717) is 144 Å². The van der Waals surface area contributed by atoms with Crippen molar-refractivity contribution in [3.63, 3.8) is 0 Å². The van der Waals surface area contributed by atoms with Crippen LogP contribution in [0, 0.1) is 29.6 Å². The normalized spacial score (nSPS) is 31.8. The standard InChI is InChI=1S/C70H117N3O23/c1-47-15-11-10-12-16-48(2)59(84-8)45-55-20-18-52(6)70(83,96-55)66(79)67(80)73-24-14-13-17-57(73)68(81)94-61(56(71)43-54-19-21-58(75)62(44-54)85-9)46-60(49(3)42-51(5)64(77)65(78)63(76)50(4)41-47)95-69(82)72-23-26-87-28-30-89-32-34-91-36-38-93-40-39-92-37-35-90-33-31-88-29-27-86-25-22-53(7)74/h10-12,15-16,42,47,49-50,52,54-62,64-65,75,77-78,83H,13-14,17-41,43-46,71H2,1-9H3,(H,72,82)/b12-10+,15-11+,48-16+,51-42+/t47-,49-,50-,52-,54+,55+,56-,57+,58-,59+,60-,61+,62-,64-,65+,70-/m1/s1. The number of aliphatic hydroxyl groups excluding tert-OH is 3. The maximum atomic E-state index is 14.9. The van der Waals surface area contributed by atoms with Crippen molar-refractivity contribution < 1.29 is 111 Å². The minimum absolute atomic E-state index is 0.000383. The van der Waals surface area contributed by atoms with E-state index in [1.165, 1.54) is 14.0 Å². The number of nitrogens with one attached hydrogen (secondary N) is 1. The van der Waals surface area contributed by atoms with Crippen LogP contribution in [0.4, 0.5) is 4.79 Å². The lowest BCUT2D eigenvalue weighted by Crippen LogP contribution is -2.61. The molecule has 3 aliphatic heterocycles. The smallest absolute Gasteiger partial charge is 0.407 e. The fourth-order valence-corrected chi connectivity index (χ4v) is 12.2. The summed E-state index contributed by atoms with van der Waals surface area (Å²) in [6.07, 6.45) is 6.40. The number of nitrogens with two attached hydrogens (primary N) is 1. The molecule has 3 heterocycles. The molecule has 2 bridgehead atoms. The monoisotopic (exact) mass is 1370 g/mol. The number of aliphatic hydroxyl groups is 4. The lowest BCUT2D eigenvalue weighted by molar-refractivity contribution is -0.265. The molecule has 0 aromatic carbocycles. The zero-order chi connectivity index (χ0) is 70.4. The van der Waals surface area contributed by atoms with E-state index < -0.39 is 114 Å². The molecule has 0 aromatic heterocycles. The second kappa shape index (κ2) is 46.8. The van der Waals surface area contributed by atoms with Gasteiger partial charge < -0.3 is 98.0 Å². The van der Waals surface area contributed by atoms with Crippen LogP contribution in [0.2, 0.25) is 0 Å². The Labute approximate surface area is 568 Å². The molecule has 96 heavy (non-hydrogen) atoms. The number of methoxy groups -OCH3 is 2. The Bertz CT molecular complexity index is 2410. The van der Waals surface area contributed by atoms with Crippen LogP contribution in [-0.4, -0.2) is 260 Å². The molecule has 0 unspecified atom stereocenters. The van der Waals surface area contributed by atoms with Gasteiger partial charge in [-0.2, -0.15) is 0 Å². The van der Waals surface area contributed by atoms with Crippen LogP contribution >= 0.6 is 0 Å². The number of carbonyl (C=O) groups excluding carboxylic acids is 6. The molecule has 0 aromatic rings. The number of ketones is 3. The zero-order valence-electron chi connectivity index (χ0n) is 58.6. The van der Waals surface area contributed by atoms with E-state index in [1.807, 2.05) is 44.2 Å². The molecule has 1 aliphatic carbocycles. The Morgan fingerprint density at radius 1 is 0.677 bits per heavy atom. The van der Waals surface area contributed by atoms with Crippen molar-refractivity contribution in [1.29, 1.82) is 0 Å². The lowest BCUT2D eigenvalue weighted by atomic mass is 9.80. The van der Waals surface area contributed by atoms with Crippen LogP contribution in [0.15, 0.2) is 47.6 Å². The van der Waals surface area contributed by atoms with Gasteiger partial charge in [0.1, 0.15) is 36.2 Å². The van der Waals surface area contributed by atoms with E-state index in [1.54, 1.807) is 40.9 Å². The van der Waals surface area contributed by atoms with Gasteiger partial charge in [-0.1, -0.05) is 64.2 Å². The van der Waals surface area contributed by atoms with Gasteiger partial charge in [-0.25, -0.2) is 9.59 Å². The van der Waals surface area contributed by atoms with Crippen LogP contribution in [-0.2, 0) is 85.6 Å². The Kier molecular flexibility index (Phi) is 40.9. The van der Waals surface area contributed by atoms with Crippen molar-refractivity contribution in [3.05, 3.63) is 47.6 Å². The number of allylic oxidation sites excluding steroid dienone is 5. The summed E-state index contributed by atoms with van der Waals surface area (Å²) in [6.45, 7) is 17.7. The van der Waals surface area contributed by atoms with Gasteiger partial charge in [0, 0.05) is 70.4 Å². The number of carbonyl (C=O) groups is 6. The predicted molar refractivity (Wildman–Crippen MR) is 354 cm³/mol. The summed E-state index contributed by atoms with van der Waals surface area (Å²) >= 11 is 0. The highest BCUT2D eigenvalue weighted by Gasteiger charge is 2.53. The van der Waals surface area contributed by atoms with E-state index in [4.69, 9.17) is 67.3 Å². The highest BCUT2D eigenvalue weighted by Crippen LogP contribution is 2.37. The third kappa shape index (κ3) is 30.6. The van der Waals surface area contributed by atoms with Crippen molar-refractivity contribution >= 4 is 35.3 Å². The molecule has 0 spiro atoms. The number of rotatable bonds is 33. The van der Waals surface area contributed by atoms with Crippen LogP contribution in [0.5, 0.6) is 0 Å². The van der Waals surface area contributed by atoms with Crippen LogP contribution < -0.4 is 11.1 Å². The van der Waals surface area contributed by atoms with Gasteiger partial charge in [0.25, 0.3) is 11.7 Å². The van der Waals surface area contributed by atoms with Crippen molar-refractivity contribution in [3.8, 4) is 0 Å². The molecule has 550 valence electrons. The summed E-state index contributed by atoms with van der Waals surface area (Å²) in [6, 6.07) is -2.20. The number of cyclic esters (lactones) is 1. The lowest BCUT2D eigenvalue weighted by Gasteiger charge is -2.43. The summed E-state index contributed by atoms with van der Waals surface area (Å²) in [4.78, 5) is 83.6. The molecule has 4 rings (SSSR count). The number of ether oxygens (including phenoxy) is 13. The molecule has 1 saturated carbocycles. The second-order valence-corrected chi connectivity index (χ2v) is 25.9. The van der Waals surface area contributed by atoms with Gasteiger partial charge in [0.2, 0.25) is 5.79 Å². The summed E-state index contributed by atoms with van der Waals surface area (Å²) in [7, 11) is 3.07. The fraction of sp³-hybridized carbons (Fsp3) is 0.800. The van der Waals surface area contributed by atoms with Gasteiger partial charge in [-0.05, 0) is 108 Å². The van der Waals surface area contributed by atoms with E-state index in [-0.39, 0.29) is 81.8 Å². The molecule has 7 N–H and O–H groups in total. The first-order valence-corrected chi connectivity index (χ1v) is 34.6. The molecule has 2 saturated heterocycles. The molecular weight excluding hydrogens is 1250 g/mol. The minimum atomic E-state index is -2.51. The number of esters is 1. The van der Waals surface area contributed by atoms with E-state index in [9.17, 15) is 49.2 Å². The SMILES string of the molecule is CO[C@H]1C[C@@H]2CC[C@@H](C)[C@@](O)(O2)C(=O)C(=O)N2CCCC[C@H]2C(=O)O[C@H]([C@H](N)C[C@@H]2CC[C@@H](O)[C@H](OC)C2)C[C@@H](OC(=O)NCCOCCOCCOCCOCCOCCOCCOCCOCCC(C)=O)[C@H](C)/C=C(\C)[C@@H](O)[C@@H](O)C(=O)[C@H](C)C[C@H](C)/C=C/C=C/C=C/1C. The van der Waals surface area contributed by atoms with Gasteiger partial charge in [0.15, 0.2) is 5.78 Å². The van der Waals surface area contributed by atoms with E-state index in [2.05, 4.69) is 5.32 Å². The van der Waals surface area contributed by atoms with Crippen molar-refractivity contribution in [2.75, 3.05) is 133 Å². The number of piperidine rings is 1. The van der Waals surface area contributed by atoms with Crippen molar-refractivity contribution in [1.82, 2.24) is 10.2 Å². The second-order valence-electron chi connectivity index (χ2n) is 25.9. The van der Waals surface area contributed by atoms with Gasteiger partial charge >= 0.3 is 12.1 Å². The maximum Gasteiger partial charge on any atom is 0.407 e. The minimum Gasteiger partial charge on any atom is -0.459 e. The summed E-state index contributed by atoms with van der Waals surface area (Å²) in [5.41, 5.74) is 8.14. The summed E-state index contributed by atoms with van der Waals surface area (Å²) in [5, 5.41) is 48.5. The first kappa shape index (κ1) is 84.0. The molecule has 26 nitrogen and oxygen atoms in total. The highest BCUT2D eigenvalue weighted by atomic mass is 16.6. The number of hydrogen-bond acceptors (Lipinski definition) is 24. The van der Waals surface area contributed by atoms with Gasteiger partial charge in [-0.15, -0.1) is 0 Å². The Balaban J connectivity index is 1.43. The number of alkyl carbamates (subject to hydrolysis) is 1. The van der Waals surface area contributed by atoms with E-state index in [0.717, 1.165) is 10.5 Å². The number of Topliss-reactive ketones (excluding diaryl/α,β-unsaturated/α-hetero) is 3. The van der Waals surface area contributed by atoms with Crippen LogP contribution in [0.1, 0.15) is 132 Å². The number of fused-ring (bicyclic) bond motifs is 3. The maximum absolute atomic E-state index is 14.9. The Morgan fingerprint density at radius 3 is 1.83 bits per heavy atom. The Morgan fingerprint density at radius 2 is 1.26 bits per heavy atom. The number of amides is 2. The average molecular weight is 1370 g/mol. The highest BCUT2D eigenvalue weighted by molar-refractivity contribution is 6.39. The summed E-state index contributed by atoms with van der Waals surface area (Å²) in [5.74, 6) is -8.55. The third-order valence-electron chi connectivity index (χ3n) is 18.1. The van der Waals surface area contributed by atoms with Gasteiger partial charge in [0.05, 0.1) is 130 Å². The van der Waals surface area contributed by atoms with E-state index >= 15 is 0 Å². The molecule has 3 fully saturated rings. The number of nitrogens with zero attached hydrogens (tertiary/aromatic N) is 1. The number of hydrogen-bond donors (Lipinski definition) is 6. The topological polar surface area (TPSA) is 345 Å². The fourth-order valence-electron chi connectivity index (χ4n) is 12.2. The molecule has 2 amide bonds. The molecule has 26 heteroatoms.